The topological polar surface area (TPSA) is 17.1 Å². The van der Waals surface area contributed by atoms with E-state index in [1.54, 1.807) is 0 Å². The number of hydrogen-bond donors (Lipinski definition) is 0. The minimum Gasteiger partial charge on any atom is -0.295 e. The van der Waals surface area contributed by atoms with E-state index in [4.69, 9.17) is 0 Å². The second-order valence-corrected chi connectivity index (χ2v) is 6.47. The third-order valence-electron chi connectivity index (χ3n) is 4.34. The molecule has 0 aliphatic heterocycles. The summed E-state index contributed by atoms with van der Waals surface area (Å²) in [5, 5.41) is 0. The smallest absolute Gasteiger partial charge is 0.158 e. The lowest BCUT2D eigenvalue weighted by Crippen LogP contribution is -2.10. The summed E-state index contributed by atoms with van der Waals surface area (Å²) >= 11 is 0. The molecule has 1 nitrogen and oxygen atoms in total. The Bertz CT molecular complexity index is 474. The Morgan fingerprint density at radius 2 is 1.62 bits per heavy atom. The lowest BCUT2D eigenvalue weighted by molar-refractivity contribution is -0.116. The molecule has 1 heteroatoms. The summed E-state index contributed by atoms with van der Waals surface area (Å²) in [6.45, 7) is 12.4. The fourth-order valence-electron chi connectivity index (χ4n) is 2.57. The Hall–Kier alpha value is -1.37. The van der Waals surface area contributed by atoms with E-state index in [1.807, 2.05) is 13.8 Å². The molecule has 1 unspecified atom stereocenters. The Morgan fingerprint density at radius 3 is 2.24 bits per heavy atom. The highest BCUT2D eigenvalue weighted by atomic mass is 16.1. The van der Waals surface area contributed by atoms with E-state index < -0.39 is 0 Å². The first kappa shape index (κ1) is 17.7. The molecular formula is C20H30O. The van der Waals surface area contributed by atoms with E-state index in [2.05, 4.69) is 38.7 Å². The number of rotatable bonds is 1. The Balaban J connectivity index is 2.92. The molecular weight excluding hydrogens is 256 g/mol. The number of hydrogen-bond acceptors (Lipinski definition) is 1. The van der Waals surface area contributed by atoms with Crippen molar-refractivity contribution >= 4 is 5.78 Å². The highest BCUT2D eigenvalue weighted by molar-refractivity contribution is 5.95. The number of allylic oxidation sites excluding steroid dienone is 7. The van der Waals surface area contributed by atoms with Crippen LogP contribution in [-0.2, 0) is 4.79 Å². The second-order valence-electron chi connectivity index (χ2n) is 6.47. The van der Waals surface area contributed by atoms with Gasteiger partial charge in [-0.15, -0.1) is 0 Å². The molecule has 0 aromatic carbocycles. The fourth-order valence-corrected chi connectivity index (χ4v) is 2.57. The van der Waals surface area contributed by atoms with Crippen LogP contribution in [0.5, 0.6) is 0 Å². The van der Waals surface area contributed by atoms with E-state index in [1.165, 1.54) is 11.1 Å². The van der Waals surface area contributed by atoms with Crippen LogP contribution in [0.25, 0.3) is 0 Å². The Morgan fingerprint density at radius 1 is 1.05 bits per heavy atom. The standard InChI is InChI=1S/C20H30O/c1-15(2)19-13-12-17(4)9-6-8-16(3)10-7-11-18(5)20(21)14-19/h8,11-12,19H,1,6-7,9-10,13-14H2,2-5H3. The maximum atomic E-state index is 12.3. The summed E-state index contributed by atoms with van der Waals surface area (Å²) in [4.78, 5) is 12.3. The zero-order valence-electron chi connectivity index (χ0n) is 14.2. The van der Waals surface area contributed by atoms with Crippen molar-refractivity contribution in [3.05, 3.63) is 47.1 Å². The second kappa shape index (κ2) is 8.81. The molecule has 1 aliphatic rings. The molecule has 0 saturated heterocycles. The van der Waals surface area contributed by atoms with Crippen LogP contribution in [-0.4, -0.2) is 5.78 Å². The number of carbonyl (C=O) groups excluding carboxylic acids is 1. The first-order valence-electron chi connectivity index (χ1n) is 8.06. The minimum atomic E-state index is 0.271. The maximum Gasteiger partial charge on any atom is 0.158 e. The molecule has 1 aliphatic carbocycles. The van der Waals surface area contributed by atoms with Gasteiger partial charge >= 0.3 is 0 Å². The quantitative estimate of drug-likeness (QED) is 0.545. The molecule has 116 valence electrons. The van der Waals surface area contributed by atoms with Crippen molar-refractivity contribution in [3.8, 4) is 0 Å². The first-order valence-corrected chi connectivity index (χ1v) is 8.06. The molecule has 0 N–H and O–H groups in total. The summed E-state index contributed by atoms with van der Waals surface area (Å²) in [6.07, 6.45) is 12.5. The SMILES string of the molecule is C=C(C)C1CC=C(C)CCC=C(C)CCC=C(C)C(=O)C1. The van der Waals surface area contributed by atoms with Crippen LogP contribution >= 0.6 is 0 Å². The molecule has 1 atom stereocenters. The molecule has 1 rings (SSSR count). The average Bonchev–Trinajstić information content (AvgIpc) is 2.41. The van der Waals surface area contributed by atoms with Gasteiger partial charge in [0.15, 0.2) is 5.78 Å². The van der Waals surface area contributed by atoms with Gasteiger partial charge in [-0.25, -0.2) is 0 Å². The van der Waals surface area contributed by atoms with Gasteiger partial charge in [-0.3, -0.25) is 4.79 Å². The van der Waals surface area contributed by atoms with Gasteiger partial charge in [0.25, 0.3) is 0 Å². The van der Waals surface area contributed by atoms with Crippen molar-refractivity contribution in [2.24, 2.45) is 5.92 Å². The van der Waals surface area contributed by atoms with Gasteiger partial charge in [0.2, 0.25) is 0 Å². The van der Waals surface area contributed by atoms with Gasteiger partial charge in [0, 0.05) is 6.42 Å². The van der Waals surface area contributed by atoms with Crippen molar-refractivity contribution in [2.75, 3.05) is 0 Å². The predicted octanol–water partition coefficient (Wildman–Crippen LogP) is 5.94. The lowest BCUT2D eigenvalue weighted by Gasteiger charge is -2.15. The van der Waals surface area contributed by atoms with Crippen LogP contribution in [0.4, 0.5) is 0 Å². The van der Waals surface area contributed by atoms with E-state index in [0.717, 1.165) is 43.3 Å². The third-order valence-corrected chi connectivity index (χ3v) is 4.34. The van der Waals surface area contributed by atoms with Crippen LogP contribution in [0.15, 0.2) is 47.1 Å². The number of carbonyl (C=O) groups is 1. The summed E-state index contributed by atoms with van der Waals surface area (Å²) in [7, 11) is 0. The summed E-state index contributed by atoms with van der Waals surface area (Å²) < 4.78 is 0. The average molecular weight is 286 g/mol. The van der Waals surface area contributed by atoms with Crippen LogP contribution in [0.1, 0.15) is 66.2 Å². The molecule has 0 radical (unpaired) electrons. The van der Waals surface area contributed by atoms with E-state index in [9.17, 15) is 4.79 Å². The number of Topliss-reactive ketones (excluding diaryl/α,β-unsaturated/α-hetero) is 1. The van der Waals surface area contributed by atoms with Crippen LogP contribution < -0.4 is 0 Å². The molecule has 0 aromatic heterocycles. The summed E-state index contributed by atoms with van der Waals surface area (Å²) in [5.41, 5.74) is 4.87. The van der Waals surface area contributed by atoms with Gasteiger partial charge in [-0.2, -0.15) is 0 Å². The van der Waals surface area contributed by atoms with Crippen LogP contribution in [0, 0.1) is 5.92 Å². The minimum absolute atomic E-state index is 0.271. The largest absolute Gasteiger partial charge is 0.295 e. The lowest BCUT2D eigenvalue weighted by atomic mass is 9.89. The van der Waals surface area contributed by atoms with E-state index in [0.29, 0.717) is 6.42 Å². The van der Waals surface area contributed by atoms with Crippen LogP contribution in [0.2, 0.25) is 0 Å². The summed E-state index contributed by atoms with van der Waals surface area (Å²) in [6, 6.07) is 0. The molecule has 0 saturated carbocycles. The van der Waals surface area contributed by atoms with Crippen molar-refractivity contribution in [1.29, 1.82) is 0 Å². The van der Waals surface area contributed by atoms with Gasteiger partial charge < -0.3 is 0 Å². The molecule has 21 heavy (non-hydrogen) atoms. The Labute approximate surface area is 130 Å². The zero-order chi connectivity index (χ0) is 15.8. The maximum absolute atomic E-state index is 12.3. The van der Waals surface area contributed by atoms with Crippen molar-refractivity contribution in [2.45, 2.75) is 66.2 Å². The molecule has 0 spiro atoms. The monoisotopic (exact) mass is 286 g/mol. The molecule has 0 heterocycles. The summed E-state index contributed by atoms with van der Waals surface area (Å²) in [5.74, 6) is 0.545. The molecule has 0 bridgehead atoms. The fraction of sp³-hybridized carbons (Fsp3) is 0.550. The van der Waals surface area contributed by atoms with Crippen LogP contribution in [0.3, 0.4) is 0 Å². The van der Waals surface area contributed by atoms with Crippen molar-refractivity contribution in [1.82, 2.24) is 0 Å². The third kappa shape index (κ3) is 6.75. The highest BCUT2D eigenvalue weighted by Gasteiger charge is 2.15. The normalized spacial score (nSPS) is 22.8. The van der Waals surface area contributed by atoms with Gasteiger partial charge in [-0.1, -0.05) is 41.5 Å². The van der Waals surface area contributed by atoms with E-state index >= 15 is 0 Å². The highest BCUT2D eigenvalue weighted by Crippen LogP contribution is 2.23. The van der Waals surface area contributed by atoms with Gasteiger partial charge in [0.1, 0.15) is 0 Å². The molecule has 0 fully saturated rings. The predicted molar refractivity (Wildman–Crippen MR) is 92.3 cm³/mol. The molecule has 0 amide bonds. The first-order chi connectivity index (χ1) is 9.90. The molecule has 0 aromatic rings. The Kier molecular flexibility index (Phi) is 7.42. The van der Waals surface area contributed by atoms with Crippen molar-refractivity contribution < 1.29 is 4.79 Å². The zero-order valence-corrected chi connectivity index (χ0v) is 14.2. The van der Waals surface area contributed by atoms with Crippen molar-refractivity contribution in [3.63, 3.8) is 0 Å². The number of ketones is 1. The van der Waals surface area contributed by atoms with Gasteiger partial charge in [-0.05, 0) is 71.3 Å². The van der Waals surface area contributed by atoms with E-state index in [-0.39, 0.29) is 11.7 Å². The van der Waals surface area contributed by atoms with Gasteiger partial charge in [0.05, 0.1) is 0 Å².